The van der Waals surface area contributed by atoms with Gasteiger partial charge in [0.25, 0.3) is 0 Å². The van der Waals surface area contributed by atoms with Crippen LogP contribution in [0.4, 0.5) is 0 Å². The lowest BCUT2D eigenvalue weighted by Gasteiger charge is -2.55. The molecule has 6 rings (SSSR count). The minimum absolute atomic E-state index is 0.0419. The second kappa shape index (κ2) is 13.2. The predicted molar refractivity (Wildman–Crippen MR) is 167 cm³/mol. The number of alkyl halides is 1. The Morgan fingerprint density at radius 3 is 2.14 bits per heavy atom. The first-order valence-electron chi connectivity index (χ1n) is 14.3. The summed E-state index contributed by atoms with van der Waals surface area (Å²) < 4.78 is 41.4. The Bertz CT molecular complexity index is 1500. The van der Waals surface area contributed by atoms with Gasteiger partial charge in [0.1, 0.15) is 11.5 Å². The molecule has 4 bridgehead atoms. The normalized spacial score (nSPS) is 23.6. The van der Waals surface area contributed by atoms with Crippen LogP contribution in [0.5, 0.6) is 5.75 Å². The summed E-state index contributed by atoms with van der Waals surface area (Å²) >= 11 is 7.01. The van der Waals surface area contributed by atoms with Gasteiger partial charge in [-0.3, -0.25) is 9.05 Å². The van der Waals surface area contributed by atoms with E-state index in [1.807, 2.05) is 12.1 Å². The van der Waals surface area contributed by atoms with E-state index in [1.165, 1.54) is 24.8 Å². The van der Waals surface area contributed by atoms with Gasteiger partial charge in [-0.05, 0) is 97.9 Å². The van der Waals surface area contributed by atoms with Gasteiger partial charge in [-0.1, -0.05) is 24.0 Å². The number of hydrogen-bond acceptors (Lipinski definition) is 7. The molecule has 4 fully saturated rings. The van der Waals surface area contributed by atoms with Crippen molar-refractivity contribution in [1.29, 1.82) is 0 Å². The van der Waals surface area contributed by atoms with Crippen LogP contribution in [0.15, 0.2) is 73.3 Å². The maximum atomic E-state index is 13.6. The third kappa shape index (κ3) is 6.95. The first-order valence-corrected chi connectivity index (χ1v) is 16.2. The minimum atomic E-state index is -4.08. The summed E-state index contributed by atoms with van der Waals surface area (Å²) in [5, 5.41) is 0. The lowest BCUT2D eigenvalue weighted by atomic mass is 9.53. The molecule has 43 heavy (non-hydrogen) atoms. The fraction of sp³-hybridized carbons (Fsp3) is 0.382. The zero-order chi connectivity index (χ0) is 30.6. The number of methoxy groups -OCH3 is 2. The molecule has 0 aliphatic heterocycles. The number of phosphoric acid groups is 1. The Morgan fingerprint density at radius 2 is 1.58 bits per heavy atom. The Kier molecular flexibility index (Phi) is 9.54. The SMILES string of the molecule is C=CCOP(=O)(OCC=C)Oc1cc(C(OC)=C2C3CC4CC2CC(Cl)(C4)C3)ccc1C#Cc1ccc(C(=O)OC)cc1. The van der Waals surface area contributed by atoms with Crippen LogP contribution in [0.1, 0.15) is 59.2 Å². The van der Waals surface area contributed by atoms with E-state index in [2.05, 4.69) is 25.0 Å². The van der Waals surface area contributed by atoms with Crippen LogP contribution >= 0.6 is 19.4 Å². The van der Waals surface area contributed by atoms with E-state index in [9.17, 15) is 9.36 Å². The number of phosphoric ester groups is 1. The van der Waals surface area contributed by atoms with Crippen LogP contribution in [0, 0.1) is 29.6 Å². The highest BCUT2D eigenvalue weighted by Gasteiger charge is 2.53. The average Bonchev–Trinajstić information content (AvgIpc) is 2.99. The van der Waals surface area contributed by atoms with Gasteiger partial charge < -0.3 is 14.0 Å². The van der Waals surface area contributed by atoms with Gasteiger partial charge in [-0.2, -0.15) is 0 Å². The molecule has 0 spiro atoms. The Balaban J connectivity index is 1.54. The van der Waals surface area contributed by atoms with E-state index in [-0.39, 0.29) is 23.8 Å². The zero-order valence-electron chi connectivity index (χ0n) is 24.5. The fourth-order valence-corrected chi connectivity index (χ4v) is 8.49. The maximum Gasteiger partial charge on any atom is 0.530 e. The zero-order valence-corrected chi connectivity index (χ0v) is 26.1. The minimum Gasteiger partial charge on any atom is -0.496 e. The van der Waals surface area contributed by atoms with Crippen molar-refractivity contribution in [1.82, 2.24) is 0 Å². The molecule has 2 aromatic rings. The van der Waals surface area contributed by atoms with Crippen LogP contribution < -0.4 is 4.52 Å². The van der Waals surface area contributed by atoms with E-state index in [1.54, 1.807) is 37.4 Å². The largest absolute Gasteiger partial charge is 0.530 e. The molecule has 2 unspecified atom stereocenters. The first-order chi connectivity index (χ1) is 20.7. The van der Waals surface area contributed by atoms with Crippen LogP contribution in [-0.2, 0) is 23.1 Å². The highest BCUT2D eigenvalue weighted by Crippen LogP contribution is 2.62. The smallest absolute Gasteiger partial charge is 0.496 e. The molecular formula is C34H36ClO7P. The van der Waals surface area contributed by atoms with E-state index in [0.717, 1.165) is 43.4 Å². The summed E-state index contributed by atoms with van der Waals surface area (Å²) in [6.07, 6.45) is 8.16. The van der Waals surface area contributed by atoms with Crippen molar-refractivity contribution in [3.8, 4) is 17.6 Å². The molecule has 0 amide bonds. The van der Waals surface area contributed by atoms with Crippen molar-refractivity contribution in [2.75, 3.05) is 27.4 Å². The molecular weight excluding hydrogens is 587 g/mol. The molecule has 0 saturated heterocycles. The second-order valence-corrected chi connectivity index (χ2v) is 13.6. The van der Waals surface area contributed by atoms with Crippen molar-refractivity contribution in [3.63, 3.8) is 0 Å². The number of ether oxygens (including phenoxy) is 2. The number of esters is 1. The summed E-state index contributed by atoms with van der Waals surface area (Å²) in [7, 11) is -1.06. The predicted octanol–water partition coefficient (Wildman–Crippen LogP) is 7.94. The van der Waals surface area contributed by atoms with Gasteiger partial charge in [-0.15, -0.1) is 24.8 Å². The molecule has 2 atom stereocenters. The molecule has 0 aromatic heterocycles. The van der Waals surface area contributed by atoms with E-state index < -0.39 is 13.8 Å². The maximum absolute atomic E-state index is 13.6. The number of benzene rings is 2. The van der Waals surface area contributed by atoms with Crippen LogP contribution in [0.2, 0.25) is 0 Å². The van der Waals surface area contributed by atoms with Crippen molar-refractivity contribution in [2.45, 2.75) is 37.0 Å². The van der Waals surface area contributed by atoms with Gasteiger partial charge in [0.15, 0.2) is 0 Å². The average molecular weight is 623 g/mol. The lowest BCUT2D eigenvalue weighted by molar-refractivity contribution is 0.0600. The molecule has 0 radical (unpaired) electrons. The van der Waals surface area contributed by atoms with Crippen molar-refractivity contribution in [3.05, 3.63) is 95.6 Å². The van der Waals surface area contributed by atoms with Gasteiger partial charge in [0.05, 0.1) is 38.6 Å². The molecule has 4 aliphatic carbocycles. The summed E-state index contributed by atoms with van der Waals surface area (Å²) in [6.45, 7) is 7.19. The van der Waals surface area contributed by atoms with Gasteiger partial charge in [0, 0.05) is 16.0 Å². The van der Waals surface area contributed by atoms with E-state index in [0.29, 0.717) is 34.4 Å². The Labute approximate surface area is 258 Å². The summed E-state index contributed by atoms with van der Waals surface area (Å²) in [6, 6.07) is 12.3. The number of carbonyl (C=O) groups excluding carboxylic acids is 1. The number of rotatable bonds is 11. The van der Waals surface area contributed by atoms with Crippen LogP contribution in [0.25, 0.3) is 5.76 Å². The first kappa shape index (κ1) is 31.2. The molecule has 9 heteroatoms. The molecule has 0 N–H and O–H groups in total. The van der Waals surface area contributed by atoms with Crippen LogP contribution in [0.3, 0.4) is 0 Å². The molecule has 0 heterocycles. The third-order valence-electron chi connectivity index (χ3n) is 8.26. The third-order valence-corrected chi connectivity index (χ3v) is 10.1. The molecule has 7 nitrogen and oxygen atoms in total. The van der Waals surface area contributed by atoms with Crippen LogP contribution in [-0.4, -0.2) is 38.3 Å². The molecule has 2 aromatic carbocycles. The Morgan fingerprint density at radius 1 is 0.953 bits per heavy atom. The lowest BCUT2D eigenvalue weighted by Crippen LogP contribution is -2.48. The molecule has 4 aliphatic rings. The molecule has 226 valence electrons. The number of allylic oxidation sites excluding steroid dienone is 1. The van der Waals surface area contributed by atoms with Gasteiger partial charge in [0.2, 0.25) is 0 Å². The summed E-state index contributed by atoms with van der Waals surface area (Å²) in [5.41, 5.74) is 3.65. The Hall–Kier alpha value is -3.27. The van der Waals surface area contributed by atoms with Crippen molar-refractivity contribution >= 4 is 31.2 Å². The summed E-state index contributed by atoms with van der Waals surface area (Å²) in [5.74, 6) is 8.18. The highest BCUT2D eigenvalue weighted by molar-refractivity contribution is 7.48. The van der Waals surface area contributed by atoms with E-state index >= 15 is 0 Å². The topological polar surface area (TPSA) is 80.3 Å². The second-order valence-electron chi connectivity index (χ2n) is 11.2. The fourth-order valence-electron chi connectivity index (χ4n) is 6.75. The highest BCUT2D eigenvalue weighted by atomic mass is 35.5. The quantitative estimate of drug-likeness (QED) is 0.0628. The number of hydrogen-bond donors (Lipinski definition) is 0. The standard InChI is InChI=1S/C34H36ClO7P/c1-5-15-40-43(37,41-16-6-2)42-30-19-27(14-13-25(30)10-7-23-8-11-26(12-9-23)33(36)39-4)32(38-3)31-28-17-24-18-29(31)22-34(35,20-24)21-28/h5-6,8-9,11-14,19,24,28-29H,1-2,15-18,20-22H2,3-4H3. The number of halogens is 1. The van der Waals surface area contributed by atoms with Crippen molar-refractivity contribution in [2.24, 2.45) is 17.8 Å². The monoisotopic (exact) mass is 622 g/mol. The van der Waals surface area contributed by atoms with Gasteiger partial charge >= 0.3 is 13.8 Å². The summed E-state index contributed by atoms with van der Waals surface area (Å²) in [4.78, 5) is 11.7. The number of carbonyl (C=O) groups is 1. The van der Waals surface area contributed by atoms with Gasteiger partial charge in [-0.25, -0.2) is 9.36 Å². The van der Waals surface area contributed by atoms with E-state index in [4.69, 9.17) is 34.6 Å². The molecule has 4 saturated carbocycles. The van der Waals surface area contributed by atoms with Crippen molar-refractivity contribution < 1.29 is 32.4 Å².